The van der Waals surface area contributed by atoms with Crippen molar-refractivity contribution >= 4 is 24.8 Å². The van der Waals surface area contributed by atoms with Gasteiger partial charge in [-0.1, -0.05) is 25.0 Å². The van der Waals surface area contributed by atoms with Crippen molar-refractivity contribution in [3.05, 3.63) is 29.8 Å². The summed E-state index contributed by atoms with van der Waals surface area (Å²) in [5.74, 6) is 1.94. The van der Waals surface area contributed by atoms with Gasteiger partial charge < -0.3 is 10.1 Å². The van der Waals surface area contributed by atoms with E-state index in [2.05, 4.69) is 48.3 Å². The Hall–Kier alpha value is -0.480. The molecule has 1 aromatic carbocycles. The number of rotatable bonds is 6. The lowest BCUT2D eigenvalue weighted by molar-refractivity contribution is 0.160. The topological polar surface area (TPSA) is 24.5 Å². The van der Waals surface area contributed by atoms with Crippen LogP contribution in [0.25, 0.3) is 0 Å². The standard InChI is InChI=1S/C18H28N2O.2ClH/c1-14(2)21-17-7-5-16(6-8-17)18(13-15-3-4-15)20-11-9-19-10-12-20;;/h5-8,14-15,18-19H,3-4,9-13H2,1-2H3;2*1H/t18-;;/m1../s1. The number of hydrogen-bond donors (Lipinski definition) is 1. The monoisotopic (exact) mass is 360 g/mol. The Labute approximate surface area is 153 Å². The zero-order valence-electron chi connectivity index (χ0n) is 14.2. The summed E-state index contributed by atoms with van der Waals surface area (Å²) in [7, 11) is 0. The molecule has 3 rings (SSSR count). The van der Waals surface area contributed by atoms with Crippen LogP contribution in [0, 0.1) is 5.92 Å². The van der Waals surface area contributed by atoms with Gasteiger partial charge in [-0.25, -0.2) is 0 Å². The van der Waals surface area contributed by atoms with Gasteiger partial charge >= 0.3 is 0 Å². The van der Waals surface area contributed by atoms with Crippen molar-refractivity contribution in [2.45, 2.75) is 45.3 Å². The third-order valence-electron chi connectivity index (χ3n) is 4.48. The largest absolute Gasteiger partial charge is 0.491 e. The number of halogens is 2. The Kier molecular flexibility index (Phi) is 8.70. The van der Waals surface area contributed by atoms with Crippen molar-refractivity contribution in [2.75, 3.05) is 26.2 Å². The molecule has 0 amide bonds. The van der Waals surface area contributed by atoms with Crippen LogP contribution in [0.2, 0.25) is 0 Å². The normalized spacial score (nSPS) is 19.6. The van der Waals surface area contributed by atoms with Gasteiger partial charge in [0.15, 0.2) is 0 Å². The molecule has 1 saturated heterocycles. The van der Waals surface area contributed by atoms with E-state index in [4.69, 9.17) is 4.74 Å². The first-order valence-corrected chi connectivity index (χ1v) is 8.44. The minimum Gasteiger partial charge on any atom is -0.491 e. The molecule has 3 nitrogen and oxygen atoms in total. The van der Waals surface area contributed by atoms with E-state index in [0.29, 0.717) is 6.04 Å². The first-order chi connectivity index (χ1) is 10.2. The Bertz CT molecular complexity index is 443. The second-order valence-corrected chi connectivity index (χ2v) is 6.72. The fourth-order valence-corrected chi connectivity index (χ4v) is 3.20. The highest BCUT2D eigenvalue weighted by molar-refractivity contribution is 5.85. The van der Waals surface area contributed by atoms with Gasteiger partial charge in [0.2, 0.25) is 0 Å². The maximum atomic E-state index is 5.76. The highest BCUT2D eigenvalue weighted by atomic mass is 35.5. The average molecular weight is 361 g/mol. The van der Waals surface area contributed by atoms with Crippen molar-refractivity contribution < 1.29 is 4.74 Å². The fourth-order valence-electron chi connectivity index (χ4n) is 3.20. The van der Waals surface area contributed by atoms with Gasteiger partial charge in [-0.05, 0) is 43.9 Å². The van der Waals surface area contributed by atoms with Crippen molar-refractivity contribution in [1.29, 1.82) is 0 Å². The Morgan fingerprint density at radius 1 is 1.09 bits per heavy atom. The number of nitrogens with zero attached hydrogens (tertiary/aromatic N) is 1. The molecule has 2 aliphatic rings. The van der Waals surface area contributed by atoms with Gasteiger partial charge in [-0.15, -0.1) is 24.8 Å². The quantitative estimate of drug-likeness (QED) is 0.827. The summed E-state index contributed by atoms with van der Waals surface area (Å²) in [4.78, 5) is 2.66. The highest BCUT2D eigenvalue weighted by Gasteiger charge is 2.30. The lowest BCUT2D eigenvalue weighted by Crippen LogP contribution is -2.45. The molecule has 1 aromatic rings. The summed E-state index contributed by atoms with van der Waals surface area (Å²) in [6.07, 6.45) is 4.42. The molecule has 0 aromatic heterocycles. The van der Waals surface area contributed by atoms with Crippen LogP contribution in [0.3, 0.4) is 0 Å². The maximum Gasteiger partial charge on any atom is 0.119 e. The Morgan fingerprint density at radius 2 is 1.70 bits per heavy atom. The summed E-state index contributed by atoms with van der Waals surface area (Å²) in [6, 6.07) is 9.40. The van der Waals surface area contributed by atoms with E-state index in [1.807, 2.05) is 0 Å². The number of piperazine rings is 1. The van der Waals surface area contributed by atoms with E-state index in [-0.39, 0.29) is 30.9 Å². The van der Waals surface area contributed by atoms with Crippen LogP contribution < -0.4 is 10.1 Å². The van der Waals surface area contributed by atoms with Crippen LogP contribution in [-0.4, -0.2) is 37.2 Å². The zero-order chi connectivity index (χ0) is 14.7. The second kappa shape index (κ2) is 9.73. The summed E-state index contributed by atoms with van der Waals surface area (Å²) in [5.41, 5.74) is 1.46. The van der Waals surface area contributed by atoms with Crippen LogP contribution in [0.4, 0.5) is 0 Å². The predicted octanol–water partition coefficient (Wildman–Crippen LogP) is 4.06. The fraction of sp³-hybridized carbons (Fsp3) is 0.667. The SMILES string of the molecule is CC(C)Oc1ccc([C@@H](CC2CC2)N2CCNCC2)cc1.Cl.Cl. The van der Waals surface area contributed by atoms with Crippen molar-refractivity contribution in [3.63, 3.8) is 0 Å². The molecule has 0 bridgehead atoms. The Balaban J connectivity index is 0.00000132. The predicted molar refractivity (Wildman–Crippen MR) is 101 cm³/mol. The molecule has 0 radical (unpaired) electrons. The zero-order valence-corrected chi connectivity index (χ0v) is 15.8. The molecule has 23 heavy (non-hydrogen) atoms. The lowest BCUT2D eigenvalue weighted by Gasteiger charge is -2.35. The molecule has 132 valence electrons. The summed E-state index contributed by atoms with van der Waals surface area (Å²) in [5, 5.41) is 3.46. The number of hydrogen-bond acceptors (Lipinski definition) is 3. The summed E-state index contributed by atoms with van der Waals surface area (Å²) < 4.78 is 5.76. The first-order valence-electron chi connectivity index (χ1n) is 8.44. The first kappa shape index (κ1) is 20.6. The minimum atomic E-state index is 0. The lowest BCUT2D eigenvalue weighted by atomic mass is 9.98. The van der Waals surface area contributed by atoms with E-state index in [1.165, 1.54) is 37.9 Å². The molecular weight excluding hydrogens is 331 g/mol. The smallest absolute Gasteiger partial charge is 0.119 e. The van der Waals surface area contributed by atoms with Gasteiger partial charge in [0.05, 0.1) is 6.10 Å². The second-order valence-electron chi connectivity index (χ2n) is 6.72. The van der Waals surface area contributed by atoms with E-state index in [9.17, 15) is 0 Å². The van der Waals surface area contributed by atoms with Crippen LogP contribution >= 0.6 is 24.8 Å². The molecule has 1 aliphatic carbocycles. The van der Waals surface area contributed by atoms with Crippen molar-refractivity contribution in [2.24, 2.45) is 5.92 Å². The van der Waals surface area contributed by atoms with Crippen molar-refractivity contribution in [3.8, 4) is 5.75 Å². The molecule has 0 spiro atoms. The molecule has 2 fully saturated rings. The maximum absolute atomic E-state index is 5.76. The van der Waals surface area contributed by atoms with Crippen LogP contribution in [-0.2, 0) is 0 Å². The molecule has 1 N–H and O–H groups in total. The van der Waals surface area contributed by atoms with Gasteiger partial charge in [0, 0.05) is 32.2 Å². The van der Waals surface area contributed by atoms with Crippen LogP contribution in [0.1, 0.15) is 44.7 Å². The van der Waals surface area contributed by atoms with E-state index >= 15 is 0 Å². The van der Waals surface area contributed by atoms with E-state index in [0.717, 1.165) is 24.8 Å². The number of nitrogens with one attached hydrogen (secondary N) is 1. The number of benzene rings is 1. The number of ether oxygens (including phenoxy) is 1. The third kappa shape index (κ3) is 6.15. The minimum absolute atomic E-state index is 0. The van der Waals surface area contributed by atoms with Gasteiger partial charge in [-0.3, -0.25) is 4.90 Å². The molecule has 1 saturated carbocycles. The molecule has 1 atom stereocenters. The van der Waals surface area contributed by atoms with Gasteiger partial charge in [0.25, 0.3) is 0 Å². The molecular formula is C18H30Cl2N2O. The Morgan fingerprint density at radius 3 is 2.22 bits per heavy atom. The average Bonchev–Trinajstić information content (AvgIpc) is 3.30. The molecule has 1 aliphatic heterocycles. The van der Waals surface area contributed by atoms with Crippen molar-refractivity contribution in [1.82, 2.24) is 10.2 Å². The van der Waals surface area contributed by atoms with E-state index < -0.39 is 0 Å². The van der Waals surface area contributed by atoms with Gasteiger partial charge in [-0.2, -0.15) is 0 Å². The molecule has 5 heteroatoms. The van der Waals surface area contributed by atoms with Crippen LogP contribution in [0.15, 0.2) is 24.3 Å². The summed E-state index contributed by atoms with van der Waals surface area (Å²) >= 11 is 0. The molecule has 1 heterocycles. The summed E-state index contributed by atoms with van der Waals surface area (Å²) in [6.45, 7) is 8.73. The van der Waals surface area contributed by atoms with Crippen LogP contribution in [0.5, 0.6) is 5.75 Å². The highest BCUT2D eigenvalue weighted by Crippen LogP contribution is 2.40. The molecule has 0 unspecified atom stereocenters. The van der Waals surface area contributed by atoms with E-state index in [1.54, 1.807) is 0 Å². The van der Waals surface area contributed by atoms with Gasteiger partial charge in [0.1, 0.15) is 5.75 Å². The third-order valence-corrected chi connectivity index (χ3v) is 4.48.